The zero-order valence-electron chi connectivity index (χ0n) is 13.5. The molecule has 0 spiro atoms. The zero-order valence-corrected chi connectivity index (χ0v) is 13.5. The Kier molecular flexibility index (Phi) is 5.82. The number of nitrogens with zero attached hydrogens (tertiary/aromatic N) is 2. The summed E-state index contributed by atoms with van der Waals surface area (Å²) >= 11 is 0. The van der Waals surface area contributed by atoms with Gasteiger partial charge in [0.1, 0.15) is 11.7 Å². The molecule has 1 fully saturated rings. The highest BCUT2D eigenvalue weighted by Gasteiger charge is 2.11. The molecule has 0 radical (unpaired) electrons. The van der Waals surface area contributed by atoms with E-state index in [1.165, 1.54) is 0 Å². The van der Waals surface area contributed by atoms with Crippen LogP contribution in [0, 0.1) is 5.82 Å². The summed E-state index contributed by atoms with van der Waals surface area (Å²) in [6.07, 6.45) is 2.03. The van der Waals surface area contributed by atoms with Crippen molar-refractivity contribution in [3.05, 3.63) is 29.6 Å². The van der Waals surface area contributed by atoms with Crippen molar-refractivity contribution < 1.29 is 9.13 Å². The van der Waals surface area contributed by atoms with Crippen molar-refractivity contribution in [1.29, 1.82) is 0 Å². The van der Waals surface area contributed by atoms with Crippen LogP contribution in [0.5, 0.6) is 0 Å². The molecule has 0 atom stereocenters. The van der Waals surface area contributed by atoms with Crippen LogP contribution in [0.25, 0.3) is 0 Å². The molecule has 2 aliphatic heterocycles. The van der Waals surface area contributed by atoms with Gasteiger partial charge in [-0.25, -0.2) is 4.39 Å². The van der Waals surface area contributed by atoms with Crippen molar-refractivity contribution in [3.8, 4) is 0 Å². The maximum atomic E-state index is 14.2. The summed E-state index contributed by atoms with van der Waals surface area (Å²) in [6, 6.07) is 5.28. The van der Waals surface area contributed by atoms with Gasteiger partial charge in [-0.05, 0) is 37.6 Å². The lowest BCUT2D eigenvalue weighted by molar-refractivity contribution is 0.0378. The summed E-state index contributed by atoms with van der Waals surface area (Å²) in [5.41, 5.74) is 1.38. The molecule has 0 aromatic heterocycles. The summed E-state index contributed by atoms with van der Waals surface area (Å²) in [6.45, 7) is 7.15. The van der Waals surface area contributed by atoms with Crippen LogP contribution in [0.15, 0.2) is 23.2 Å². The zero-order chi connectivity index (χ0) is 15.9. The number of nitrogens with one attached hydrogen (secondary N) is 2. The molecule has 1 aromatic carbocycles. The highest BCUT2D eigenvalue weighted by molar-refractivity contribution is 5.99. The molecule has 2 aliphatic rings. The average Bonchev–Trinajstić information content (AvgIpc) is 2.61. The Labute approximate surface area is 136 Å². The lowest BCUT2D eigenvalue weighted by Crippen LogP contribution is -2.37. The molecule has 3 rings (SSSR count). The first-order chi connectivity index (χ1) is 11.3. The lowest BCUT2D eigenvalue weighted by atomic mass is 10.1. The van der Waals surface area contributed by atoms with Crippen molar-refractivity contribution >= 4 is 11.5 Å². The average molecular weight is 320 g/mol. The number of anilines is 1. The smallest absolute Gasteiger partial charge is 0.147 e. The summed E-state index contributed by atoms with van der Waals surface area (Å²) in [5, 5.41) is 6.41. The van der Waals surface area contributed by atoms with E-state index in [0.29, 0.717) is 5.69 Å². The number of benzene rings is 1. The van der Waals surface area contributed by atoms with Crippen molar-refractivity contribution in [2.45, 2.75) is 12.8 Å². The minimum Gasteiger partial charge on any atom is -0.383 e. The molecular weight excluding hydrogens is 295 g/mol. The predicted octanol–water partition coefficient (Wildman–Crippen LogP) is 1.70. The van der Waals surface area contributed by atoms with Gasteiger partial charge in [0.25, 0.3) is 0 Å². The van der Waals surface area contributed by atoms with E-state index in [9.17, 15) is 4.39 Å². The third-order valence-corrected chi connectivity index (χ3v) is 4.21. The molecule has 23 heavy (non-hydrogen) atoms. The van der Waals surface area contributed by atoms with Gasteiger partial charge in [-0.1, -0.05) is 0 Å². The minimum atomic E-state index is -0.219. The fourth-order valence-electron chi connectivity index (χ4n) is 2.88. The van der Waals surface area contributed by atoms with E-state index in [1.807, 2.05) is 6.07 Å². The van der Waals surface area contributed by atoms with Gasteiger partial charge < -0.3 is 15.4 Å². The largest absolute Gasteiger partial charge is 0.383 e. The van der Waals surface area contributed by atoms with Crippen LogP contribution in [0.2, 0.25) is 0 Å². The molecule has 5 nitrogen and oxygen atoms in total. The molecular formula is C17H25FN4O. The Bertz CT molecular complexity index is 543. The van der Waals surface area contributed by atoms with Crippen LogP contribution in [0.3, 0.4) is 0 Å². The number of aliphatic imine (C=N–C) groups is 1. The van der Waals surface area contributed by atoms with E-state index in [2.05, 4.69) is 20.5 Å². The van der Waals surface area contributed by atoms with Gasteiger partial charge in [0.15, 0.2) is 0 Å². The van der Waals surface area contributed by atoms with E-state index in [1.54, 1.807) is 12.1 Å². The first-order valence-corrected chi connectivity index (χ1v) is 8.45. The third-order valence-electron chi connectivity index (χ3n) is 4.21. The summed E-state index contributed by atoms with van der Waals surface area (Å²) in [5.74, 6) is 0.581. The number of hydrogen-bond acceptors (Lipinski definition) is 5. The number of morpholine rings is 1. The third kappa shape index (κ3) is 4.65. The topological polar surface area (TPSA) is 48.9 Å². The van der Waals surface area contributed by atoms with Crippen LogP contribution in [-0.4, -0.2) is 63.2 Å². The lowest BCUT2D eigenvalue weighted by Gasteiger charge is -2.26. The Morgan fingerprint density at radius 3 is 2.91 bits per heavy atom. The van der Waals surface area contributed by atoms with Crippen LogP contribution < -0.4 is 10.6 Å². The Morgan fingerprint density at radius 2 is 2.17 bits per heavy atom. The molecule has 0 amide bonds. The first kappa shape index (κ1) is 16.2. The SMILES string of the molecule is Fc1cc(C2=NCCCN2)ccc1NCCCN1CCOCC1. The van der Waals surface area contributed by atoms with Gasteiger partial charge in [0.05, 0.1) is 18.9 Å². The molecule has 0 unspecified atom stereocenters. The Balaban J connectivity index is 1.47. The van der Waals surface area contributed by atoms with Crippen LogP contribution in [-0.2, 0) is 4.74 Å². The van der Waals surface area contributed by atoms with Gasteiger partial charge in [-0.15, -0.1) is 0 Å². The number of hydrogen-bond donors (Lipinski definition) is 2. The van der Waals surface area contributed by atoms with E-state index >= 15 is 0 Å². The molecule has 2 N–H and O–H groups in total. The second-order valence-corrected chi connectivity index (χ2v) is 5.94. The van der Waals surface area contributed by atoms with Crippen molar-refractivity contribution in [3.63, 3.8) is 0 Å². The molecule has 0 saturated carbocycles. The standard InChI is InChI=1S/C17H25FN4O/c18-15-13-14(17-20-5-1-6-21-17)3-4-16(15)19-7-2-8-22-9-11-23-12-10-22/h3-4,13,19H,1-2,5-12H2,(H,20,21). The van der Waals surface area contributed by atoms with Crippen LogP contribution in [0.1, 0.15) is 18.4 Å². The second-order valence-electron chi connectivity index (χ2n) is 5.94. The van der Waals surface area contributed by atoms with Gasteiger partial charge in [0.2, 0.25) is 0 Å². The quantitative estimate of drug-likeness (QED) is 0.783. The summed E-state index contributed by atoms with van der Waals surface area (Å²) < 4.78 is 19.5. The normalized spacial score (nSPS) is 19.1. The molecule has 0 aliphatic carbocycles. The highest BCUT2D eigenvalue weighted by Crippen LogP contribution is 2.16. The number of rotatable bonds is 6. The molecule has 0 bridgehead atoms. The van der Waals surface area contributed by atoms with Gasteiger partial charge in [-0.2, -0.15) is 0 Å². The Hall–Kier alpha value is -1.66. The monoisotopic (exact) mass is 320 g/mol. The number of amidine groups is 1. The van der Waals surface area contributed by atoms with E-state index in [-0.39, 0.29) is 5.82 Å². The van der Waals surface area contributed by atoms with E-state index in [0.717, 1.165) is 76.7 Å². The first-order valence-electron chi connectivity index (χ1n) is 8.45. The maximum absolute atomic E-state index is 14.2. The number of ether oxygens (including phenoxy) is 1. The fourth-order valence-corrected chi connectivity index (χ4v) is 2.88. The predicted molar refractivity (Wildman–Crippen MR) is 90.8 cm³/mol. The maximum Gasteiger partial charge on any atom is 0.147 e. The van der Waals surface area contributed by atoms with Crippen molar-refractivity contribution in [2.75, 3.05) is 57.8 Å². The second kappa shape index (κ2) is 8.26. The van der Waals surface area contributed by atoms with E-state index < -0.39 is 0 Å². The van der Waals surface area contributed by atoms with Gasteiger partial charge in [0, 0.05) is 38.3 Å². The Morgan fingerprint density at radius 1 is 1.30 bits per heavy atom. The number of halogens is 1. The van der Waals surface area contributed by atoms with Crippen molar-refractivity contribution in [2.24, 2.45) is 4.99 Å². The van der Waals surface area contributed by atoms with Crippen molar-refractivity contribution in [1.82, 2.24) is 10.2 Å². The highest BCUT2D eigenvalue weighted by atomic mass is 19.1. The summed E-state index contributed by atoms with van der Waals surface area (Å²) in [7, 11) is 0. The minimum absolute atomic E-state index is 0.219. The molecule has 126 valence electrons. The van der Waals surface area contributed by atoms with Crippen LogP contribution in [0.4, 0.5) is 10.1 Å². The van der Waals surface area contributed by atoms with Gasteiger partial charge in [-0.3, -0.25) is 9.89 Å². The molecule has 1 aromatic rings. The van der Waals surface area contributed by atoms with Gasteiger partial charge >= 0.3 is 0 Å². The molecule has 2 heterocycles. The molecule has 6 heteroatoms. The fraction of sp³-hybridized carbons (Fsp3) is 0.588. The van der Waals surface area contributed by atoms with Crippen LogP contribution >= 0.6 is 0 Å². The summed E-state index contributed by atoms with van der Waals surface area (Å²) in [4.78, 5) is 6.79. The molecule has 1 saturated heterocycles. The van der Waals surface area contributed by atoms with E-state index in [4.69, 9.17) is 4.74 Å².